The fourth-order valence-corrected chi connectivity index (χ4v) is 3.72. The summed E-state index contributed by atoms with van der Waals surface area (Å²) in [6.07, 6.45) is 9.38. The third-order valence-corrected chi connectivity index (χ3v) is 5.12. The van der Waals surface area contributed by atoms with Gasteiger partial charge < -0.3 is 0 Å². The molecule has 0 radical (unpaired) electrons. The Labute approximate surface area is 116 Å². The molecule has 2 fully saturated rings. The van der Waals surface area contributed by atoms with Crippen LogP contribution < -0.4 is 5.43 Å². The Morgan fingerprint density at radius 1 is 1.16 bits per heavy atom. The highest BCUT2D eigenvalue weighted by Gasteiger charge is 2.39. The van der Waals surface area contributed by atoms with Crippen molar-refractivity contribution in [1.82, 2.24) is 0 Å². The van der Waals surface area contributed by atoms with Crippen LogP contribution in [0.1, 0.15) is 51.9 Å². The van der Waals surface area contributed by atoms with Crippen molar-refractivity contribution in [2.24, 2.45) is 16.4 Å². The number of hydrogen-bond donors (Lipinski definition) is 1. The molecule has 2 aliphatic rings. The van der Waals surface area contributed by atoms with Gasteiger partial charge in [0.05, 0.1) is 5.69 Å². The topological polar surface area (TPSA) is 24.4 Å². The molecule has 2 aliphatic carbocycles. The second kappa shape index (κ2) is 5.36. The quantitative estimate of drug-likeness (QED) is 0.753. The molecule has 0 unspecified atom stereocenters. The van der Waals surface area contributed by atoms with Crippen molar-refractivity contribution in [2.45, 2.75) is 51.9 Å². The van der Waals surface area contributed by atoms with Crippen molar-refractivity contribution in [3.63, 3.8) is 0 Å². The van der Waals surface area contributed by atoms with Gasteiger partial charge in [-0.25, -0.2) is 0 Å². The van der Waals surface area contributed by atoms with E-state index < -0.39 is 0 Å². The van der Waals surface area contributed by atoms with E-state index in [2.05, 4.69) is 29.6 Å². The van der Waals surface area contributed by atoms with E-state index in [1.54, 1.807) is 0 Å². The Balaban J connectivity index is 1.64. The number of fused-ring (bicyclic) bond motifs is 1. The first-order valence-electron chi connectivity index (χ1n) is 7.63. The first-order chi connectivity index (χ1) is 9.26. The first kappa shape index (κ1) is 12.7. The Morgan fingerprint density at radius 3 is 2.84 bits per heavy atom. The van der Waals surface area contributed by atoms with E-state index in [-0.39, 0.29) is 0 Å². The SMILES string of the molecule is C[C@@]12CCCC[C@@H]1C/C(=N/Nc1ccccc1)CC2. The summed E-state index contributed by atoms with van der Waals surface area (Å²) in [5, 5.41) is 4.64. The number of nitrogens with zero attached hydrogens (tertiary/aromatic N) is 1. The fraction of sp³-hybridized carbons (Fsp3) is 0.588. The zero-order valence-electron chi connectivity index (χ0n) is 11.9. The number of hydrogen-bond acceptors (Lipinski definition) is 2. The van der Waals surface area contributed by atoms with Gasteiger partial charge in [-0.3, -0.25) is 5.43 Å². The van der Waals surface area contributed by atoms with Gasteiger partial charge in [-0.15, -0.1) is 0 Å². The second-order valence-corrected chi connectivity index (χ2v) is 6.46. The zero-order valence-corrected chi connectivity index (χ0v) is 11.9. The number of hydrazone groups is 1. The van der Waals surface area contributed by atoms with Crippen molar-refractivity contribution in [2.75, 3.05) is 5.43 Å². The number of nitrogens with one attached hydrogen (secondary N) is 1. The summed E-state index contributed by atoms with van der Waals surface area (Å²) in [6, 6.07) is 10.3. The highest BCUT2D eigenvalue weighted by atomic mass is 15.3. The van der Waals surface area contributed by atoms with E-state index in [0.717, 1.165) is 11.6 Å². The standard InChI is InChI=1S/C17H24N2/c1-17-11-6-5-7-14(17)13-16(10-12-17)19-18-15-8-3-2-4-9-15/h2-4,8-9,14,18H,5-7,10-13H2,1H3/b19-16+/t14-,17+/m1/s1. The molecule has 0 aromatic heterocycles. The fourth-order valence-electron chi connectivity index (χ4n) is 3.72. The number of para-hydroxylation sites is 1. The van der Waals surface area contributed by atoms with Crippen LogP contribution in [0, 0.1) is 11.3 Å². The average molecular weight is 256 g/mol. The summed E-state index contributed by atoms with van der Waals surface area (Å²) in [5.41, 5.74) is 6.27. The van der Waals surface area contributed by atoms with Crippen LogP contribution in [0.2, 0.25) is 0 Å². The zero-order chi connectivity index (χ0) is 13.1. The molecule has 1 N–H and O–H groups in total. The molecule has 1 aromatic carbocycles. The van der Waals surface area contributed by atoms with E-state index in [1.807, 2.05) is 18.2 Å². The molecular weight excluding hydrogens is 232 g/mol. The van der Waals surface area contributed by atoms with Crippen molar-refractivity contribution >= 4 is 11.4 Å². The summed E-state index contributed by atoms with van der Waals surface area (Å²) in [5.74, 6) is 0.867. The van der Waals surface area contributed by atoms with Crippen molar-refractivity contribution in [3.8, 4) is 0 Å². The number of anilines is 1. The maximum Gasteiger partial charge on any atom is 0.0561 e. The number of rotatable bonds is 2. The first-order valence-corrected chi connectivity index (χ1v) is 7.63. The molecule has 2 atom stereocenters. The highest BCUT2D eigenvalue weighted by Crippen LogP contribution is 2.49. The summed E-state index contributed by atoms with van der Waals surface area (Å²) in [6.45, 7) is 2.50. The molecule has 0 amide bonds. The van der Waals surface area contributed by atoms with Gasteiger partial charge in [0.2, 0.25) is 0 Å². The lowest BCUT2D eigenvalue weighted by Gasteiger charge is -2.45. The molecule has 0 spiro atoms. The maximum atomic E-state index is 4.64. The molecule has 0 heterocycles. The van der Waals surface area contributed by atoms with Gasteiger partial charge in [0.25, 0.3) is 0 Å². The molecule has 0 saturated heterocycles. The molecule has 102 valence electrons. The normalized spacial score (nSPS) is 32.9. The largest absolute Gasteiger partial charge is 0.279 e. The van der Waals surface area contributed by atoms with E-state index >= 15 is 0 Å². The summed E-state index contributed by atoms with van der Waals surface area (Å²) in [7, 11) is 0. The van der Waals surface area contributed by atoms with E-state index in [4.69, 9.17) is 0 Å². The average Bonchev–Trinajstić information content (AvgIpc) is 2.46. The van der Waals surface area contributed by atoms with Crippen LogP contribution in [0.4, 0.5) is 5.69 Å². The van der Waals surface area contributed by atoms with Gasteiger partial charge in [0.1, 0.15) is 0 Å². The van der Waals surface area contributed by atoms with Gasteiger partial charge in [-0.1, -0.05) is 38.0 Å². The van der Waals surface area contributed by atoms with Crippen LogP contribution in [0.3, 0.4) is 0 Å². The Kier molecular flexibility index (Phi) is 3.58. The van der Waals surface area contributed by atoms with Crippen molar-refractivity contribution in [1.29, 1.82) is 0 Å². The third-order valence-electron chi connectivity index (χ3n) is 5.12. The molecule has 2 heteroatoms. The molecule has 19 heavy (non-hydrogen) atoms. The Hall–Kier alpha value is -1.31. The van der Waals surface area contributed by atoms with Crippen LogP contribution in [0.5, 0.6) is 0 Å². The summed E-state index contributed by atoms with van der Waals surface area (Å²) in [4.78, 5) is 0. The predicted molar refractivity (Wildman–Crippen MR) is 81.4 cm³/mol. The van der Waals surface area contributed by atoms with Crippen LogP contribution >= 0.6 is 0 Å². The number of benzene rings is 1. The monoisotopic (exact) mass is 256 g/mol. The minimum Gasteiger partial charge on any atom is -0.279 e. The van der Waals surface area contributed by atoms with Gasteiger partial charge in [0.15, 0.2) is 0 Å². The molecular formula is C17H24N2. The minimum atomic E-state index is 0.601. The van der Waals surface area contributed by atoms with E-state index in [9.17, 15) is 0 Å². The lowest BCUT2D eigenvalue weighted by Crippen LogP contribution is -2.37. The molecule has 2 nitrogen and oxygen atoms in total. The highest BCUT2D eigenvalue weighted by molar-refractivity contribution is 5.86. The second-order valence-electron chi connectivity index (χ2n) is 6.46. The lowest BCUT2D eigenvalue weighted by atomic mass is 9.60. The molecule has 1 aromatic rings. The van der Waals surface area contributed by atoms with Crippen LogP contribution in [-0.4, -0.2) is 5.71 Å². The van der Waals surface area contributed by atoms with Gasteiger partial charge in [-0.2, -0.15) is 5.10 Å². The predicted octanol–water partition coefficient (Wildman–Crippen LogP) is 4.83. The molecule has 0 bridgehead atoms. The van der Waals surface area contributed by atoms with E-state index in [1.165, 1.54) is 50.7 Å². The van der Waals surface area contributed by atoms with Gasteiger partial charge in [0, 0.05) is 5.71 Å². The third kappa shape index (κ3) is 2.83. The maximum absolute atomic E-state index is 4.64. The van der Waals surface area contributed by atoms with Crippen LogP contribution in [0.15, 0.2) is 35.4 Å². The Morgan fingerprint density at radius 2 is 2.00 bits per heavy atom. The smallest absolute Gasteiger partial charge is 0.0561 e. The van der Waals surface area contributed by atoms with Gasteiger partial charge in [-0.05, 0) is 55.6 Å². The van der Waals surface area contributed by atoms with E-state index in [0.29, 0.717) is 5.41 Å². The van der Waals surface area contributed by atoms with Crippen LogP contribution in [-0.2, 0) is 0 Å². The van der Waals surface area contributed by atoms with Crippen molar-refractivity contribution < 1.29 is 0 Å². The van der Waals surface area contributed by atoms with Crippen LogP contribution in [0.25, 0.3) is 0 Å². The van der Waals surface area contributed by atoms with Crippen molar-refractivity contribution in [3.05, 3.63) is 30.3 Å². The minimum absolute atomic E-state index is 0.601. The molecule has 3 rings (SSSR count). The lowest BCUT2D eigenvalue weighted by molar-refractivity contribution is 0.0994. The molecule has 2 saturated carbocycles. The summed E-state index contributed by atoms with van der Waals surface area (Å²) >= 11 is 0. The van der Waals surface area contributed by atoms with Gasteiger partial charge >= 0.3 is 0 Å². The summed E-state index contributed by atoms with van der Waals surface area (Å²) < 4.78 is 0. The molecule has 0 aliphatic heterocycles. The Bertz CT molecular complexity index is 452.